The number of ether oxygens (including phenoxy) is 1. The molecule has 4 rings (SSSR count). The number of carbonyl (C=O) groups excluding carboxylic acids is 1. The number of carbonyl (C=O) groups is 1. The number of alkyl halides is 3. The largest absolute Gasteiger partial charge is 0.573 e. The Balaban J connectivity index is 1.15. The van der Waals surface area contributed by atoms with E-state index in [1.165, 1.54) is 11.6 Å². The first-order valence-electron chi connectivity index (χ1n) is 12.6. The molecule has 36 heavy (non-hydrogen) atoms. The van der Waals surface area contributed by atoms with Gasteiger partial charge in [0.05, 0.1) is 0 Å². The molecule has 2 aliphatic heterocycles. The third kappa shape index (κ3) is 7.59. The molecule has 0 aromatic heterocycles. The third-order valence-electron chi connectivity index (χ3n) is 7.18. The van der Waals surface area contributed by atoms with Crippen molar-refractivity contribution in [2.24, 2.45) is 11.8 Å². The average Bonchev–Trinajstić information content (AvgIpc) is 2.86. The van der Waals surface area contributed by atoms with Gasteiger partial charge in [0.2, 0.25) is 5.91 Å². The van der Waals surface area contributed by atoms with E-state index in [-0.39, 0.29) is 11.8 Å². The Morgan fingerprint density at radius 1 is 0.972 bits per heavy atom. The van der Waals surface area contributed by atoms with Crippen LogP contribution in [0.4, 0.5) is 23.2 Å². The summed E-state index contributed by atoms with van der Waals surface area (Å²) in [6.45, 7) is 4.82. The van der Waals surface area contributed by atoms with Gasteiger partial charge in [-0.15, -0.1) is 13.2 Å². The molecule has 0 radical (unpaired) electrons. The maximum absolute atomic E-state index is 13.7. The van der Waals surface area contributed by atoms with Crippen molar-refractivity contribution in [2.45, 2.75) is 45.0 Å². The van der Waals surface area contributed by atoms with Gasteiger partial charge in [-0.1, -0.05) is 30.3 Å². The second kappa shape index (κ2) is 12.0. The Labute approximate surface area is 209 Å². The summed E-state index contributed by atoms with van der Waals surface area (Å²) in [4.78, 5) is 17.0. The minimum Gasteiger partial charge on any atom is -0.403 e. The molecule has 2 saturated heterocycles. The van der Waals surface area contributed by atoms with Gasteiger partial charge in [0, 0.05) is 43.9 Å². The molecular formula is C27H33F4N3O2. The molecule has 1 N–H and O–H groups in total. The predicted molar refractivity (Wildman–Crippen MR) is 130 cm³/mol. The van der Waals surface area contributed by atoms with E-state index in [0.717, 1.165) is 51.0 Å². The van der Waals surface area contributed by atoms with Gasteiger partial charge in [-0.05, 0) is 68.8 Å². The lowest BCUT2D eigenvalue weighted by atomic mass is 9.92. The van der Waals surface area contributed by atoms with Crippen molar-refractivity contribution >= 4 is 11.6 Å². The monoisotopic (exact) mass is 507 g/mol. The number of nitrogens with zero attached hydrogens (tertiary/aromatic N) is 2. The fourth-order valence-corrected chi connectivity index (χ4v) is 5.11. The van der Waals surface area contributed by atoms with Crippen LogP contribution in [0.25, 0.3) is 0 Å². The summed E-state index contributed by atoms with van der Waals surface area (Å²) in [7, 11) is 0. The van der Waals surface area contributed by atoms with Crippen LogP contribution in [0.1, 0.15) is 37.7 Å². The highest BCUT2D eigenvalue weighted by atomic mass is 19.4. The second-order valence-corrected chi connectivity index (χ2v) is 9.71. The van der Waals surface area contributed by atoms with Gasteiger partial charge in [0.25, 0.3) is 0 Å². The summed E-state index contributed by atoms with van der Waals surface area (Å²) < 4.78 is 55.0. The highest BCUT2D eigenvalue weighted by Gasteiger charge is 2.33. The number of benzene rings is 2. The molecular weight excluding hydrogens is 474 g/mol. The van der Waals surface area contributed by atoms with E-state index < -0.39 is 17.9 Å². The molecule has 0 aliphatic carbocycles. The van der Waals surface area contributed by atoms with E-state index in [2.05, 4.69) is 39.2 Å². The van der Waals surface area contributed by atoms with Gasteiger partial charge < -0.3 is 15.0 Å². The molecule has 2 aromatic carbocycles. The predicted octanol–water partition coefficient (Wildman–Crippen LogP) is 5.36. The van der Waals surface area contributed by atoms with Crippen LogP contribution in [0.3, 0.4) is 0 Å². The van der Waals surface area contributed by atoms with Crippen LogP contribution in [0, 0.1) is 17.7 Å². The summed E-state index contributed by atoms with van der Waals surface area (Å²) >= 11 is 0. The molecule has 0 atom stereocenters. The molecule has 2 heterocycles. The number of piperidine rings is 2. The Morgan fingerprint density at radius 3 is 2.33 bits per heavy atom. The van der Waals surface area contributed by atoms with Gasteiger partial charge in [-0.2, -0.15) is 0 Å². The van der Waals surface area contributed by atoms with Crippen LogP contribution in [0.15, 0.2) is 48.5 Å². The van der Waals surface area contributed by atoms with E-state index in [9.17, 15) is 22.4 Å². The number of halogens is 4. The van der Waals surface area contributed by atoms with Crippen LogP contribution >= 0.6 is 0 Å². The summed E-state index contributed by atoms with van der Waals surface area (Å²) in [5.41, 5.74) is 1.79. The van der Waals surface area contributed by atoms with Gasteiger partial charge in [0.1, 0.15) is 0 Å². The quantitative estimate of drug-likeness (QED) is 0.489. The van der Waals surface area contributed by atoms with Crippen molar-refractivity contribution in [2.75, 3.05) is 37.6 Å². The zero-order chi connectivity index (χ0) is 25.5. The SMILES string of the molecule is O=C(NCCC1CCN(Cc2ccccc2)CC1)C1CCN(c2ccc(F)c(OC(F)(F)F)c2)CC1. The molecule has 2 aromatic rings. The van der Waals surface area contributed by atoms with E-state index >= 15 is 0 Å². The van der Waals surface area contributed by atoms with Crippen LogP contribution in [-0.4, -0.2) is 49.9 Å². The van der Waals surface area contributed by atoms with E-state index in [1.807, 2.05) is 11.0 Å². The number of nitrogens with one attached hydrogen (secondary N) is 1. The number of amides is 1. The molecule has 5 nitrogen and oxygen atoms in total. The average molecular weight is 508 g/mol. The second-order valence-electron chi connectivity index (χ2n) is 9.71. The van der Waals surface area contributed by atoms with Crippen molar-refractivity contribution in [1.82, 2.24) is 10.2 Å². The maximum atomic E-state index is 13.7. The fourth-order valence-electron chi connectivity index (χ4n) is 5.11. The first-order valence-corrected chi connectivity index (χ1v) is 12.6. The summed E-state index contributed by atoms with van der Waals surface area (Å²) in [6.07, 6.45) is -0.518. The fraction of sp³-hybridized carbons (Fsp3) is 0.519. The molecule has 9 heteroatoms. The van der Waals surface area contributed by atoms with Crippen molar-refractivity contribution < 1.29 is 27.1 Å². The van der Waals surface area contributed by atoms with Crippen molar-refractivity contribution in [3.05, 3.63) is 59.9 Å². The number of rotatable bonds is 8. The Hall–Kier alpha value is -2.81. The lowest BCUT2D eigenvalue weighted by Gasteiger charge is -2.34. The Morgan fingerprint density at radius 2 is 1.67 bits per heavy atom. The smallest absolute Gasteiger partial charge is 0.403 e. The topological polar surface area (TPSA) is 44.8 Å². The van der Waals surface area contributed by atoms with Crippen LogP contribution < -0.4 is 15.0 Å². The van der Waals surface area contributed by atoms with E-state index in [0.29, 0.717) is 44.1 Å². The van der Waals surface area contributed by atoms with Crippen LogP contribution in [-0.2, 0) is 11.3 Å². The Bertz CT molecular complexity index is 986. The molecule has 0 unspecified atom stereocenters. The van der Waals surface area contributed by atoms with Gasteiger partial charge >= 0.3 is 6.36 Å². The minimum atomic E-state index is -4.95. The van der Waals surface area contributed by atoms with Crippen molar-refractivity contribution in [1.29, 1.82) is 0 Å². The lowest BCUT2D eigenvalue weighted by Crippen LogP contribution is -2.41. The third-order valence-corrected chi connectivity index (χ3v) is 7.18. The lowest BCUT2D eigenvalue weighted by molar-refractivity contribution is -0.275. The minimum absolute atomic E-state index is 0.0383. The maximum Gasteiger partial charge on any atom is 0.573 e. The number of anilines is 1. The van der Waals surface area contributed by atoms with Crippen LogP contribution in [0.5, 0.6) is 5.75 Å². The van der Waals surface area contributed by atoms with Crippen molar-refractivity contribution in [3.63, 3.8) is 0 Å². The Kier molecular flexibility index (Phi) is 8.72. The van der Waals surface area contributed by atoms with Crippen molar-refractivity contribution in [3.8, 4) is 5.75 Å². The molecule has 1 amide bonds. The van der Waals surface area contributed by atoms with Crippen LogP contribution in [0.2, 0.25) is 0 Å². The van der Waals surface area contributed by atoms with Gasteiger partial charge in [-0.3, -0.25) is 9.69 Å². The zero-order valence-electron chi connectivity index (χ0n) is 20.3. The van der Waals surface area contributed by atoms with E-state index in [1.54, 1.807) is 0 Å². The molecule has 2 fully saturated rings. The highest BCUT2D eigenvalue weighted by Crippen LogP contribution is 2.31. The first-order chi connectivity index (χ1) is 17.3. The molecule has 0 saturated carbocycles. The van der Waals surface area contributed by atoms with Gasteiger partial charge in [-0.25, -0.2) is 4.39 Å². The normalized spacial score (nSPS) is 18.3. The molecule has 0 spiro atoms. The zero-order valence-corrected chi connectivity index (χ0v) is 20.3. The first kappa shape index (κ1) is 26.3. The molecule has 2 aliphatic rings. The molecule has 0 bridgehead atoms. The summed E-state index contributed by atoms with van der Waals surface area (Å²) in [5.74, 6) is -1.37. The molecule has 196 valence electrons. The van der Waals surface area contributed by atoms with E-state index in [4.69, 9.17) is 0 Å². The highest BCUT2D eigenvalue weighted by molar-refractivity contribution is 5.79. The number of likely N-dealkylation sites (tertiary alicyclic amines) is 1. The standard InChI is InChI=1S/C27H33F4N3O2/c28-24-7-6-23(18-25(24)36-27(29,30)31)34-16-11-22(12-17-34)26(35)32-13-8-20-9-14-33(15-10-20)19-21-4-2-1-3-5-21/h1-7,18,20,22H,8-17,19H2,(H,32,35). The number of hydrogen-bond donors (Lipinski definition) is 1. The van der Waals surface area contributed by atoms with Gasteiger partial charge in [0.15, 0.2) is 11.6 Å². The number of hydrogen-bond acceptors (Lipinski definition) is 4. The summed E-state index contributed by atoms with van der Waals surface area (Å²) in [6, 6.07) is 14.0. The summed E-state index contributed by atoms with van der Waals surface area (Å²) in [5, 5.41) is 3.08.